The minimum Gasteiger partial charge on any atom is -0.353 e. The van der Waals surface area contributed by atoms with Crippen LogP contribution in [0.5, 0.6) is 0 Å². The zero-order valence-electron chi connectivity index (χ0n) is 18.3. The molecule has 34 heavy (non-hydrogen) atoms. The average Bonchev–Trinajstić information content (AvgIpc) is 2.84. The molecule has 1 saturated heterocycles. The van der Waals surface area contributed by atoms with E-state index in [4.69, 9.17) is 16.6 Å². The number of halogens is 4. The maximum absolute atomic E-state index is 13.0. The predicted octanol–water partition coefficient (Wildman–Crippen LogP) is 4.77. The first-order chi connectivity index (χ1) is 16.3. The lowest BCUT2D eigenvalue weighted by Crippen LogP contribution is -2.45. The minimum atomic E-state index is -4.44. The Morgan fingerprint density at radius 1 is 1.12 bits per heavy atom. The number of piperidine rings is 1. The Bertz CT molecular complexity index is 1160. The Balaban J connectivity index is 1.66. The van der Waals surface area contributed by atoms with Crippen molar-refractivity contribution in [2.45, 2.75) is 38.4 Å². The molecular weight excluding hydrogens is 469 g/mol. The second-order valence-electron chi connectivity index (χ2n) is 7.92. The SMILES string of the molecule is CCC(=O)NC1CCN(c2nnc(-c3ccc(C(F)(F)F)cc3)c(-c3ccncc3Cl)n2)CC1. The van der Waals surface area contributed by atoms with Crippen LogP contribution in [0.1, 0.15) is 31.7 Å². The third-order valence-electron chi connectivity index (χ3n) is 5.65. The van der Waals surface area contributed by atoms with Crippen LogP contribution in [0.15, 0.2) is 42.7 Å². The highest BCUT2D eigenvalue weighted by molar-refractivity contribution is 6.33. The van der Waals surface area contributed by atoms with Gasteiger partial charge in [0.1, 0.15) is 11.4 Å². The molecule has 11 heteroatoms. The van der Waals surface area contributed by atoms with Gasteiger partial charge in [0.2, 0.25) is 11.9 Å². The van der Waals surface area contributed by atoms with Crippen LogP contribution >= 0.6 is 11.6 Å². The number of alkyl halides is 3. The van der Waals surface area contributed by atoms with Crippen LogP contribution in [0, 0.1) is 0 Å². The van der Waals surface area contributed by atoms with E-state index >= 15 is 0 Å². The van der Waals surface area contributed by atoms with Gasteiger partial charge in [-0.3, -0.25) is 9.78 Å². The average molecular weight is 491 g/mol. The smallest absolute Gasteiger partial charge is 0.353 e. The number of aromatic nitrogens is 4. The summed E-state index contributed by atoms with van der Waals surface area (Å²) < 4.78 is 39.0. The maximum atomic E-state index is 13.0. The Kier molecular flexibility index (Phi) is 6.97. The monoisotopic (exact) mass is 490 g/mol. The van der Waals surface area contributed by atoms with E-state index in [1.165, 1.54) is 18.3 Å². The molecule has 0 aliphatic carbocycles. The summed E-state index contributed by atoms with van der Waals surface area (Å²) in [7, 11) is 0. The number of carbonyl (C=O) groups is 1. The van der Waals surface area contributed by atoms with E-state index in [0.717, 1.165) is 25.0 Å². The van der Waals surface area contributed by atoms with Gasteiger partial charge >= 0.3 is 6.18 Å². The van der Waals surface area contributed by atoms with Crippen LogP contribution in [0.2, 0.25) is 5.02 Å². The molecule has 1 aliphatic rings. The zero-order chi connectivity index (χ0) is 24.3. The van der Waals surface area contributed by atoms with Gasteiger partial charge < -0.3 is 10.2 Å². The van der Waals surface area contributed by atoms with E-state index < -0.39 is 11.7 Å². The van der Waals surface area contributed by atoms with E-state index in [1.807, 2.05) is 11.8 Å². The van der Waals surface area contributed by atoms with E-state index in [-0.39, 0.29) is 11.9 Å². The molecule has 4 rings (SSSR count). The molecule has 1 amide bonds. The van der Waals surface area contributed by atoms with Gasteiger partial charge in [0.25, 0.3) is 0 Å². The van der Waals surface area contributed by atoms with Gasteiger partial charge in [0.15, 0.2) is 0 Å². The summed E-state index contributed by atoms with van der Waals surface area (Å²) in [5.41, 5.74) is 0.945. The number of anilines is 1. The number of hydrogen-bond acceptors (Lipinski definition) is 6. The van der Waals surface area contributed by atoms with Crippen molar-refractivity contribution in [2.75, 3.05) is 18.0 Å². The van der Waals surface area contributed by atoms with Crippen molar-refractivity contribution >= 4 is 23.5 Å². The summed E-state index contributed by atoms with van der Waals surface area (Å²) >= 11 is 6.37. The van der Waals surface area contributed by atoms with Gasteiger partial charge in [0, 0.05) is 49.1 Å². The number of amides is 1. The molecule has 1 aromatic carbocycles. The fourth-order valence-electron chi connectivity index (χ4n) is 3.77. The van der Waals surface area contributed by atoms with Crippen LogP contribution in [0.3, 0.4) is 0 Å². The quantitative estimate of drug-likeness (QED) is 0.554. The van der Waals surface area contributed by atoms with Gasteiger partial charge in [-0.2, -0.15) is 13.2 Å². The van der Waals surface area contributed by atoms with Crippen molar-refractivity contribution in [3.63, 3.8) is 0 Å². The van der Waals surface area contributed by atoms with Crippen LogP contribution in [-0.4, -0.2) is 45.2 Å². The third-order valence-corrected chi connectivity index (χ3v) is 5.95. The van der Waals surface area contributed by atoms with Gasteiger partial charge in [-0.25, -0.2) is 4.98 Å². The number of nitrogens with zero attached hydrogens (tertiary/aromatic N) is 5. The first-order valence-corrected chi connectivity index (χ1v) is 11.2. The molecule has 3 aromatic rings. The first-order valence-electron chi connectivity index (χ1n) is 10.8. The van der Waals surface area contributed by atoms with Gasteiger partial charge in [-0.05, 0) is 31.0 Å². The summed E-state index contributed by atoms with van der Waals surface area (Å²) in [6.07, 6.45) is 0.502. The minimum absolute atomic E-state index is 0.0203. The topological polar surface area (TPSA) is 83.9 Å². The lowest BCUT2D eigenvalue weighted by Gasteiger charge is -2.32. The van der Waals surface area contributed by atoms with Gasteiger partial charge in [-0.15, -0.1) is 10.2 Å². The molecular formula is C23H22ClF3N6O. The Labute approximate surface area is 199 Å². The van der Waals surface area contributed by atoms with E-state index in [1.54, 1.807) is 12.3 Å². The van der Waals surface area contributed by atoms with Gasteiger partial charge in [0.05, 0.1) is 10.6 Å². The molecule has 178 valence electrons. The van der Waals surface area contributed by atoms with Crippen molar-refractivity contribution in [1.82, 2.24) is 25.5 Å². The standard InChI is InChI=1S/C23H22ClF3N6O/c1-2-19(34)29-16-8-11-33(12-9-16)22-30-21(17-7-10-28-13-18(17)24)20(31-32-22)14-3-5-15(6-4-14)23(25,26)27/h3-7,10,13,16H,2,8-9,11-12H2,1H3,(H,29,34). The zero-order valence-corrected chi connectivity index (χ0v) is 19.1. The lowest BCUT2D eigenvalue weighted by molar-refractivity contribution is -0.137. The number of nitrogens with one attached hydrogen (secondary N) is 1. The van der Waals surface area contributed by atoms with Crippen molar-refractivity contribution in [1.29, 1.82) is 0 Å². The highest BCUT2D eigenvalue weighted by Gasteiger charge is 2.30. The molecule has 0 radical (unpaired) electrons. The number of carbonyl (C=O) groups excluding carboxylic acids is 1. The molecule has 2 aromatic heterocycles. The van der Waals surface area contributed by atoms with Crippen molar-refractivity contribution in [2.24, 2.45) is 0 Å². The second-order valence-corrected chi connectivity index (χ2v) is 8.33. The van der Waals surface area contributed by atoms with Crippen LogP contribution < -0.4 is 10.2 Å². The molecule has 0 atom stereocenters. The molecule has 0 saturated carbocycles. The molecule has 0 unspecified atom stereocenters. The number of rotatable bonds is 5. The Morgan fingerprint density at radius 3 is 2.44 bits per heavy atom. The fraction of sp³-hybridized carbons (Fsp3) is 0.348. The molecule has 7 nitrogen and oxygen atoms in total. The van der Waals surface area contributed by atoms with E-state index in [0.29, 0.717) is 53.0 Å². The van der Waals surface area contributed by atoms with E-state index in [2.05, 4.69) is 20.5 Å². The van der Waals surface area contributed by atoms with Crippen molar-refractivity contribution in [3.8, 4) is 22.5 Å². The molecule has 0 bridgehead atoms. The van der Waals surface area contributed by atoms with E-state index in [9.17, 15) is 18.0 Å². The number of benzene rings is 1. The summed E-state index contributed by atoms with van der Waals surface area (Å²) in [6.45, 7) is 3.06. The summed E-state index contributed by atoms with van der Waals surface area (Å²) in [6, 6.07) is 6.45. The lowest BCUT2D eigenvalue weighted by atomic mass is 10.0. The summed E-state index contributed by atoms with van der Waals surface area (Å²) in [5, 5.41) is 11.9. The highest BCUT2D eigenvalue weighted by atomic mass is 35.5. The highest BCUT2D eigenvalue weighted by Crippen LogP contribution is 2.35. The second kappa shape index (κ2) is 9.92. The number of hydrogen-bond donors (Lipinski definition) is 1. The Morgan fingerprint density at radius 2 is 1.82 bits per heavy atom. The van der Waals surface area contributed by atoms with Crippen LogP contribution in [0.25, 0.3) is 22.5 Å². The van der Waals surface area contributed by atoms with Crippen molar-refractivity contribution in [3.05, 3.63) is 53.3 Å². The molecule has 1 fully saturated rings. The van der Waals surface area contributed by atoms with Crippen molar-refractivity contribution < 1.29 is 18.0 Å². The fourth-order valence-corrected chi connectivity index (χ4v) is 3.98. The molecule has 1 aliphatic heterocycles. The Hall–Kier alpha value is -3.27. The summed E-state index contributed by atoms with van der Waals surface area (Å²) in [5.74, 6) is 0.408. The molecule has 1 N–H and O–H groups in total. The molecule has 0 spiro atoms. The first kappa shape index (κ1) is 23.9. The third kappa shape index (κ3) is 5.27. The molecule has 3 heterocycles. The normalized spacial score (nSPS) is 14.8. The predicted molar refractivity (Wildman–Crippen MR) is 122 cm³/mol. The maximum Gasteiger partial charge on any atom is 0.416 e. The van der Waals surface area contributed by atoms with Crippen LogP contribution in [0.4, 0.5) is 19.1 Å². The van der Waals surface area contributed by atoms with Gasteiger partial charge in [-0.1, -0.05) is 30.7 Å². The largest absolute Gasteiger partial charge is 0.416 e. The summed E-state index contributed by atoms with van der Waals surface area (Å²) in [4.78, 5) is 22.3. The number of pyridine rings is 1. The van der Waals surface area contributed by atoms with Crippen LogP contribution in [-0.2, 0) is 11.0 Å².